The van der Waals surface area contributed by atoms with E-state index in [1.807, 2.05) is 0 Å². The minimum Gasteiger partial charge on any atom is -0.379 e. The predicted molar refractivity (Wildman–Crippen MR) is 52.5 cm³/mol. The maximum atomic E-state index is 5.36. The largest absolute Gasteiger partial charge is 0.379 e. The quantitative estimate of drug-likeness (QED) is 0.529. The van der Waals surface area contributed by atoms with Gasteiger partial charge in [-0.2, -0.15) is 0 Å². The van der Waals surface area contributed by atoms with Crippen molar-refractivity contribution in [3.63, 3.8) is 0 Å². The van der Waals surface area contributed by atoms with Crippen molar-refractivity contribution < 1.29 is 4.74 Å². The van der Waals surface area contributed by atoms with E-state index < -0.39 is 0 Å². The highest BCUT2D eigenvalue weighted by Gasteiger charge is 1.91. The number of likely N-dealkylation sites (N-methyl/N-ethyl adjacent to an activating group) is 1. The molecular formula is C9H22N2O. The average molecular weight is 174 g/mol. The molecule has 3 heteroatoms. The monoisotopic (exact) mass is 174 g/mol. The summed E-state index contributed by atoms with van der Waals surface area (Å²) in [6, 6.07) is 0.558. The summed E-state index contributed by atoms with van der Waals surface area (Å²) in [4.78, 5) is 0. The lowest BCUT2D eigenvalue weighted by Gasteiger charge is -2.08. The van der Waals surface area contributed by atoms with E-state index in [1.54, 1.807) is 0 Å². The van der Waals surface area contributed by atoms with Gasteiger partial charge in [-0.3, -0.25) is 0 Å². The molecular weight excluding hydrogens is 152 g/mol. The van der Waals surface area contributed by atoms with E-state index in [1.165, 1.54) is 0 Å². The van der Waals surface area contributed by atoms with Crippen LogP contribution in [0.4, 0.5) is 0 Å². The third-order valence-electron chi connectivity index (χ3n) is 1.47. The fourth-order valence-electron chi connectivity index (χ4n) is 0.843. The van der Waals surface area contributed by atoms with Crippen molar-refractivity contribution in [1.29, 1.82) is 0 Å². The molecule has 0 aliphatic rings. The van der Waals surface area contributed by atoms with Crippen molar-refractivity contribution in [3.8, 4) is 0 Å². The van der Waals surface area contributed by atoms with Crippen LogP contribution in [0.15, 0.2) is 0 Å². The summed E-state index contributed by atoms with van der Waals surface area (Å²) in [7, 11) is 0. The van der Waals surface area contributed by atoms with Gasteiger partial charge in [0, 0.05) is 19.1 Å². The molecule has 3 nitrogen and oxygen atoms in total. The number of hydrogen-bond acceptors (Lipinski definition) is 3. The molecule has 2 N–H and O–H groups in total. The van der Waals surface area contributed by atoms with Crippen LogP contribution in [0, 0.1) is 0 Å². The van der Waals surface area contributed by atoms with Crippen LogP contribution >= 0.6 is 0 Å². The summed E-state index contributed by atoms with van der Waals surface area (Å²) < 4.78 is 5.36. The lowest BCUT2D eigenvalue weighted by molar-refractivity contribution is 0.136. The summed E-state index contributed by atoms with van der Waals surface area (Å²) in [5.41, 5.74) is 0. The molecule has 0 fully saturated rings. The first-order chi connectivity index (χ1) is 5.77. The second-order valence-corrected chi connectivity index (χ2v) is 3.07. The van der Waals surface area contributed by atoms with Gasteiger partial charge in [0.25, 0.3) is 0 Å². The molecule has 0 amide bonds. The zero-order valence-corrected chi connectivity index (χ0v) is 8.52. The Morgan fingerprint density at radius 3 is 2.42 bits per heavy atom. The second kappa shape index (κ2) is 8.97. The molecule has 0 atom stereocenters. The first kappa shape index (κ1) is 11.9. The number of rotatable bonds is 8. The maximum Gasteiger partial charge on any atom is 0.0591 e. The van der Waals surface area contributed by atoms with Crippen molar-refractivity contribution >= 4 is 0 Å². The highest BCUT2D eigenvalue weighted by Crippen LogP contribution is 1.76. The standard InChI is InChI=1S/C9H22N2O/c1-4-10-5-7-12-8-6-11-9(2)3/h9-11H,4-8H2,1-3H3. The molecule has 0 aromatic heterocycles. The SMILES string of the molecule is CCNCCOCCNC(C)C. The van der Waals surface area contributed by atoms with E-state index >= 15 is 0 Å². The lowest BCUT2D eigenvalue weighted by Crippen LogP contribution is -2.28. The van der Waals surface area contributed by atoms with E-state index in [0.717, 1.165) is 32.8 Å². The van der Waals surface area contributed by atoms with Gasteiger partial charge in [-0.1, -0.05) is 20.8 Å². The Hall–Kier alpha value is -0.120. The number of hydrogen-bond donors (Lipinski definition) is 2. The zero-order chi connectivity index (χ0) is 9.23. The number of nitrogens with one attached hydrogen (secondary N) is 2. The van der Waals surface area contributed by atoms with Crippen molar-refractivity contribution in [1.82, 2.24) is 10.6 Å². The van der Waals surface area contributed by atoms with Gasteiger partial charge in [0.15, 0.2) is 0 Å². The molecule has 0 aliphatic carbocycles. The van der Waals surface area contributed by atoms with Crippen LogP contribution < -0.4 is 10.6 Å². The summed E-state index contributed by atoms with van der Waals surface area (Å²) in [6.07, 6.45) is 0. The molecule has 0 bridgehead atoms. The molecule has 0 rings (SSSR count). The fourth-order valence-corrected chi connectivity index (χ4v) is 0.843. The predicted octanol–water partition coefficient (Wildman–Crippen LogP) is 0.611. The van der Waals surface area contributed by atoms with Crippen LogP contribution in [0.1, 0.15) is 20.8 Å². The highest BCUT2D eigenvalue weighted by atomic mass is 16.5. The highest BCUT2D eigenvalue weighted by molar-refractivity contribution is 4.51. The van der Waals surface area contributed by atoms with Crippen molar-refractivity contribution in [2.45, 2.75) is 26.8 Å². The van der Waals surface area contributed by atoms with Gasteiger partial charge in [0.05, 0.1) is 13.2 Å². The van der Waals surface area contributed by atoms with Gasteiger partial charge < -0.3 is 15.4 Å². The van der Waals surface area contributed by atoms with E-state index in [4.69, 9.17) is 4.74 Å². The fraction of sp³-hybridized carbons (Fsp3) is 1.00. The summed E-state index contributed by atoms with van der Waals surface area (Å²) in [6.45, 7) is 10.9. The normalized spacial score (nSPS) is 11.0. The van der Waals surface area contributed by atoms with Crippen LogP contribution in [0.2, 0.25) is 0 Å². The molecule has 12 heavy (non-hydrogen) atoms. The van der Waals surface area contributed by atoms with Crippen molar-refractivity contribution in [3.05, 3.63) is 0 Å². The minimum absolute atomic E-state index is 0.558. The Morgan fingerprint density at radius 2 is 1.83 bits per heavy atom. The zero-order valence-electron chi connectivity index (χ0n) is 8.52. The molecule has 0 saturated carbocycles. The first-order valence-electron chi connectivity index (χ1n) is 4.79. The van der Waals surface area contributed by atoms with Crippen LogP contribution in [0.5, 0.6) is 0 Å². The van der Waals surface area contributed by atoms with Crippen LogP contribution in [0.3, 0.4) is 0 Å². The van der Waals surface area contributed by atoms with Gasteiger partial charge in [-0.05, 0) is 6.54 Å². The van der Waals surface area contributed by atoms with Crippen LogP contribution in [-0.2, 0) is 4.74 Å². The third kappa shape index (κ3) is 9.88. The molecule has 0 aromatic rings. The van der Waals surface area contributed by atoms with E-state index in [0.29, 0.717) is 6.04 Å². The molecule has 0 saturated heterocycles. The van der Waals surface area contributed by atoms with Crippen LogP contribution in [-0.4, -0.2) is 38.9 Å². The molecule has 0 radical (unpaired) electrons. The Labute approximate surface area is 75.9 Å². The summed E-state index contributed by atoms with van der Waals surface area (Å²) in [5, 5.41) is 6.49. The lowest BCUT2D eigenvalue weighted by atomic mass is 10.4. The molecule has 0 unspecified atom stereocenters. The number of ether oxygens (including phenoxy) is 1. The minimum atomic E-state index is 0.558. The summed E-state index contributed by atoms with van der Waals surface area (Å²) >= 11 is 0. The topological polar surface area (TPSA) is 33.3 Å². The van der Waals surface area contributed by atoms with E-state index in [2.05, 4.69) is 31.4 Å². The Balaban J connectivity index is 2.82. The van der Waals surface area contributed by atoms with Crippen molar-refractivity contribution in [2.75, 3.05) is 32.8 Å². The Morgan fingerprint density at radius 1 is 1.17 bits per heavy atom. The Kier molecular flexibility index (Phi) is 8.88. The molecule has 74 valence electrons. The molecule has 0 spiro atoms. The van der Waals surface area contributed by atoms with E-state index in [-0.39, 0.29) is 0 Å². The van der Waals surface area contributed by atoms with Crippen molar-refractivity contribution in [2.24, 2.45) is 0 Å². The molecule has 0 aromatic carbocycles. The van der Waals surface area contributed by atoms with Gasteiger partial charge >= 0.3 is 0 Å². The molecule has 0 aliphatic heterocycles. The summed E-state index contributed by atoms with van der Waals surface area (Å²) in [5.74, 6) is 0. The Bertz CT molecular complexity index is 86.6. The maximum absolute atomic E-state index is 5.36. The van der Waals surface area contributed by atoms with Gasteiger partial charge in [0.1, 0.15) is 0 Å². The first-order valence-corrected chi connectivity index (χ1v) is 4.79. The smallest absolute Gasteiger partial charge is 0.0591 e. The van der Waals surface area contributed by atoms with Gasteiger partial charge in [0.2, 0.25) is 0 Å². The van der Waals surface area contributed by atoms with E-state index in [9.17, 15) is 0 Å². The van der Waals surface area contributed by atoms with Gasteiger partial charge in [-0.15, -0.1) is 0 Å². The second-order valence-electron chi connectivity index (χ2n) is 3.07. The molecule has 0 heterocycles. The van der Waals surface area contributed by atoms with Crippen LogP contribution in [0.25, 0.3) is 0 Å². The average Bonchev–Trinajstić information content (AvgIpc) is 2.02. The van der Waals surface area contributed by atoms with Gasteiger partial charge in [-0.25, -0.2) is 0 Å². The third-order valence-corrected chi connectivity index (χ3v) is 1.47.